The number of esters is 1. The van der Waals surface area contributed by atoms with Crippen LogP contribution in [-0.2, 0) is 18.3 Å². The summed E-state index contributed by atoms with van der Waals surface area (Å²) in [5, 5.41) is 4.15. The van der Waals surface area contributed by atoms with E-state index in [1.165, 1.54) is 6.20 Å². The van der Waals surface area contributed by atoms with Crippen LogP contribution in [0.15, 0.2) is 24.4 Å². The third-order valence-corrected chi connectivity index (χ3v) is 3.78. The number of nitrogens with zero attached hydrogens (tertiary/aromatic N) is 2. The second kappa shape index (κ2) is 6.83. The van der Waals surface area contributed by atoms with Gasteiger partial charge in [0.2, 0.25) is 0 Å². The van der Waals surface area contributed by atoms with Crippen molar-refractivity contribution >= 4 is 35.0 Å². The van der Waals surface area contributed by atoms with Gasteiger partial charge in [0, 0.05) is 18.9 Å². The van der Waals surface area contributed by atoms with Crippen LogP contribution in [0.3, 0.4) is 0 Å². The first-order valence-electron chi connectivity index (χ1n) is 6.39. The number of ether oxygens (including phenoxy) is 1. The van der Waals surface area contributed by atoms with Crippen molar-refractivity contribution in [1.29, 1.82) is 0 Å². The molecule has 2 rings (SSSR count). The van der Waals surface area contributed by atoms with Gasteiger partial charge < -0.3 is 14.6 Å². The van der Waals surface area contributed by atoms with Crippen molar-refractivity contribution in [2.45, 2.75) is 13.5 Å². The van der Waals surface area contributed by atoms with Crippen molar-refractivity contribution in [3.05, 3.63) is 45.8 Å². The molecule has 1 N–H and O–H groups in total. The molecule has 2 aromatic heterocycles. The maximum atomic E-state index is 11.5. The molecule has 0 saturated heterocycles. The molecule has 0 saturated carbocycles. The molecule has 0 spiro atoms. The second-order valence-corrected chi connectivity index (χ2v) is 5.10. The molecule has 0 aromatic carbocycles. The quantitative estimate of drug-likeness (QED) is 0.854. The van der Waals surface area contributed by atoms with Gasteiger partial charge in [-0.1, -0.05) is 23.2 Å². The van der Waals surface area contributed by atoms with E-state index in [0.29, 0.717) is 34.7 Å². The number of hydrogen-bond donors (Lipinski definition) is 1. The van der Waals surface area contributed by atoms with Gasteiger partial charge in [0.25, 0.3) is 0 Å². The van der Waals surface area contributed by atoms with Gasteiger partial charge in [-0.25, -0.2) is 9.78 Å². The van der Waals surface area contributed by atoms with Crippen LogP contribution in [0, 0.1) is 0 Å². The third-order valence-electron chi connectivity index (χ3n) is 2.94. The van der Waals surface area contributed by atoms with Crippen molar-refractivity contribution in [2.24, 2.45) is 7.05 Å². The Hall–Kier alpha value is -1.72. The highest BCUT2D eigenvalue weighted by atomic mass is 35.5. The lowest BCUT2D eigenvalue weighted by Gasteiger charge is -2.08. The first-order chi connectivity index (χ1) is 10.0. The SMILES string of the molecule is CCOC(=O)c1ccc(NCc2cc(Cl)c(Cl)n2C)nc1. The Morgan fingerprint density at radius 1 is 1.43 bits per heavy atom. The van der Waals surface area contributed by atoms with Gasteiger partial charge in [-0.2, -0.15) is 0 Å². The van der Waals surface area contributed by atoms with Crippen LogP contribution in [0.1, 0.15) is 23.0 Å². The first kappa shape index (κ1) is 15.7. The smallest absolute Gasteiger partial charge is 0.339 e. The maximum absolute atomic E-state index is 11.5. The molecular weight excluding hydrogens is 313 g/mol. The Labute approximate surface area is 132 Å². The van der Waals surface area contributed by atoms with E-state index in [9.17, 15) is 4.79 Å². The molecule has 2 heterocycles. The maximum Gasteiger partial charge on any atom is 0.339 e. The van der Waals surface area contributed by atoms with Gasteiger partial charge in [-0.05, 0) is 25.1 Å². The molecule has 0 unspecified atom stereocenters. The van der Waals surface area contributed by atoms with Gasteiger partial charge in [-0.3, -0.25) is 0 Å². The van der Waals surface area contributed by atoms with Crippen molar-refractivity contribution < 1.29 is 9.53 Å². The first-order valence-corrected chi connectivity index (χ1v) is 7.15. The Morgan fingerprint density at radius 2 is 2.19 bits per heavy atom. The summed E-state index contributed by atoms with van der Waals surface area (Å²) in [5.74, 6) is 0.272. The Kier molecular flexibility index (Phi) is 5.09. The van der Waals surface area contributed by atoms with Crippen LogP contribution < -0.4 is 5.32 Å². The average Bonchev–Trinajstić information content (AvgIpc) is 2.73. The molecule has 2 aromatic rings. The van der Waals surface area contributed by atoms with Crippen molar-refractivity contribution in [3.8, 4) is 0 Å². The minimum atomic E-state index is -0.377. The van der Waals surface area contributed by atoms with Crippen molar-refractivity contribution in [2.75, 3.05) is 11.9 Å². The largest absolute Gasteiger partial charge is 0.462 e. The summed E-state index contributed by atoms with van der Waals surface area (Å²) < 4.78 is 6.69. The topological polar surface area (TPSA) is 56.1 Å². The zero-order valence-corrected chi connectivity index (χ0v) is 13.2. The summed E-state index contributed by atoms with van der Waals surface area (Å²) in [7, 11) is 1.84. The molecule has 0 fully saturated rings. The zero-order valence-electron chi connectivity index (χ0n) is 11.7. The standard InChI is InChI=1S/C14H15Cl2N3O2/c1-3-21-14(20)9-4-5-12(17-7-9)18-8-10-6-11(15)13(16)19(10)2/h4-7H,3,8H2,1-2H3,(H,17,18). The van der Waals surface area contributed by atoms with E-state index in [-0.39, 0.29) is 5.97 Å². The van der Waals surface area contributed by atoms with E-state index in [0.717, 1.165) is 5.69 Å². The molecule has 0 radical (unpaired) electrons. The minimum Gasteiger partial charge on any atom is -0.462 e. The van der Waals surface area contributed by atoms with Crippen LogP contribution in [0.5, 0.6) is 0 Å². The van der Waals surface area contributed by atoms with Gasteiger partial charge in [0.15, 0.2) is 0 Å². The number of nitrogens with one attached hydrogen (secondary N) is 1. The zero-order chi connectivity index (χ0) is 15.4. The number of carbonyl (C=O) groups is 1. The molecule has 0 bridgehead atoms. The van der Waals surface area contributed by atoms with E-state index in [2.05, 4.69) is 10.3 Å². The Morgan fingerprint density at radius 3 is 2.71 bits per heavy atom. The van der Waals surface area contributed by atoms with E-state index >= 15 is 0 Å². The predicted molar refractivity (Wildman–Crippen MR) is 83.0 cm³/mol. The van der Waals surface area contributed by atoms with Gasteiger partial charge in [-0.15, -0.1) is 0 Å². The fraction of sp³-hybridized carbons (Fsp3) is 0.286. The highest BCUT2D eigenvalue weighted by Crippen LogP contribution is 2.25. The predicted octanol–water partition coefficient (Wildman–Crippen LogP) is 3.52. The average molecular weight is 328 g/mol. The lowest BCUT2D eigenvalue weighted by atomic mass is 10.3. The third kappa shape index (κ3) is 3.68. The Balaban J connectivity index is 2.00. The number of rotatable bonds is 5. The molecule has 0 aliphatic heterocycles. The van der Waals surface area contributed by atoms with Crippen LogP contribution in [0.2, 0.25) is 10.2 Å². The van der Waals surface area contributed by atoms with Crippen molar-refractivity contribution in [3.63, 3.8) is 0 Å². The molecule has 112 valence electrons. The van der Waals surface area contributed by atoms with Gasteiger partial charge >= 0.3 is 5.97 Å². The number of carbonyl (C=O) groups excluding carboxylic acids is 1. The number of anilines is 1. The highest BCUT2D eigenvalue weighted by Gasteiger charge is 2.09. The molecule has 21 heavy (non-hydrogen) atoms. The van der Waals surface area contributed by atoms with Crippen LogP contribution in [0.25, 0.3) is 0 Å². The summed E-state index contributed by atoms with van der Waals surface area (Å²) in [6, 6.07) is 5.18. The summed E-state index contributed by atoms with van der Waals surface area (Å²) >= 11 is 12.0. The molecule has 0 atom stereocenters. The van der Waals surface area contributed by atoms with E-state index in [1.54, 1.807) is 29.7 Å². The molecule has 0 aliphatic carbocycles. The molecule has 0 amide bonds. The lowest BCUT2D eigenvalue weighted by molar-refractivity contribution is 0.0526. The fourth-order valence-corrected chi connectivity index (χ4v) is 2.19. The van der Waals surface area contributed by atoms with Crippen LogP contribution in [-0.4, -0.2) is 22.1 Å². The minimum absolute atomic E-state index is 0.341. The molecule has 7 heteroatoms. The summed E-state index contributed by atoms with van der Waals surface area (Å²) in [6.45, 7) is 2.62. The summed E-state index contributed by atoms with van der Waals surface area (Å²) in [4.78, 5) is 15.7. The monoisotopic (exact) mass is 327 g/mol. The second-order valence-electron chi connectivity index (χ2n) is 4.34. The molecule has 0 aliphatic rings. The molecular formula is C14H15Cl2N3O2. The number of hydrogen-bond acceptors (Lipinski definition) is 4. The van der Waals surface area contributed by atoms with E-state index in [1.807, 2.05) is 7.05 Å². The number of aromatic nitrogens is 2. The summed E-state index contributed by atoms with van der Waals surface area (Å²) in [6.07, 6.45) is 1.48. The fourth-order valence-electron chi connectivity index (χ4n) is 1.77. The van der Waals surface area contributed by atoms with Crippen molar-refractivity contribution in [1.82, 2.24) is 9.55 Å². The molecule has 5 nitrogen and oxygen atoms in total. The highest BCUT2D eigenvalue weighted by molar-refractivity contribution is 6.41. The van der Waals surface area contributed by atoms with E-state index in [4.69, 9.17) is 27.9 Å². The van der Waals surface area contributed by atoms with E-state index < -0.39 is 0 Å². The van der Waals surface area contributed by atoms with Crippen LogP contribution in [0.4, 0.5) is 5.82 Å². The number of pyridine rings is 1. The Bertz CT molecular complexity index is 638. The van der Waals surface area contributed by atoms with Gasteiger partial charge in [0.1, 0.15) is 11.0 Å². The lowest BCUT2D eigenvalue weighted by Crippen LogP contribution is -2.08. The normalized spacial score (nSPS) is 10.5. The van der Waals surface area contributed by atoms with Crippen LogP contribution >= 0.6 is 23.2 Å². The van der Waals surface area contributed by atoms with Gasteiger partial charge in [0.05, 0.1) is 23.7 Å². The number of halogens is 2. The summed E-state index contributed by atoms with van der Waals surface area (Å²) in [5.41, 5.74) is 1.36.